The number of fused-ring (bicyclic) bond motifs is 1. The lowest BCUT2D eigenvalue weighted by atomic mass is 9.95. The molecule has 0 radical (unpaired) electrons. The number of aliphatic imine (C=N–C) groups is 1. The molecule has 1 aromatic rings. The van der Waals surface area contributed by atoms with Crippen LogP contribution in [-0.2, 0) is 14.8 Å². The minimum atomic E-state index is -3.46. The molecule has 2 N–H and O–H groups in total. The molecule has 0 aromatic heterocycles. The second kappa shape index (κ2) is 8.66. The van der Waals surface area contributed by atoms with Gasteiger partial charge in [-0.15, -0.1) is 0 Å². The van der Waals surface area contributed by atoms with Crippen molar-refractivity contribution in [3.8, 4) is 0 Å². The third-order valence-electron chi connectivity index (χ3n) is 4.96. The second-order valence-electron chi connectivity index (χ2n) is 7.05. The van der Waals surface area contributed by atoms with E-state index >= 15 is 0 Å². The number of amidine groups is 1. The molecule has 7 heteroatoms. The predicted molar refractivity (Wildman–Crippen MR) is 102 cm³/mol. The Morgan fingerprint density at radius 2 is 1.88 bits per heavy atom. The molecule has 0 saturated heterocycles. The van der Waals surface area contributed by atoms with Crippen molar-refractivity contribution in [3.05, 3.63) is 29.8 Å². The van der Waals surface area contributed by atoms with Crippen molar-refractivity contribution in [2.45, 2.75) is 68.7 Å². The van der Waals surface area contributed by atoms with Crippen LogP contribution >= 0.6 is 0 Å². The number of carbonyl (C=O) groups excluding carboxylic acids is 1. The molecule has 26 heavy (non-hydrogen) atoms. The third kappa shape index (κ3) is 4.84. The van der Waals surface area contributed by atoms with Crippen LogP contribution in [-0.4, -0.2) is 32.7 Å². The van der Waals surface area contributed by atoms with Gasteiger partial charge in [-0.2, -0.15) is 0 Å². The van der Waals surface area contributed by atoms with Crippen molar-refractivity contribution < 1.29 is 13.2 Å². The van der Waals surface area contributed by atoms with Gasteiger partial charge >= 0.3 is 0 Å². The quantitative estimate of drug-likeness (QED) is 0.716. The monoisotopic (exact) mass is 377 g/mol. The van der Waals surface area contributed by atoms with Crippen LogP contribution in [0.1, 0.15) is 63.4 Å². The second-order valence-corrected chi connectivity index (χ2v) is 8.70. The summed E-state index contributed by atoms with van der Waals surface area (Å²) in [6, 6.07) is 7.24. The van der Waals surface area contributed by atoms with Gasteiger partial charge in [-0.3, -0.25) is 14.5 Å². The number of carbonyl (C=O) groups is 1. The molecular formula is C19H27N3O3S. The maximum Gasteiger partial charge on any atom is 0.263 e. The molecule has 6 nitrogen and oxygen atoms in total. The van der Waals surface area contributed by atoms with Crippen molar-refractivity contribution in [3.63, 3.8) is 0 Å². The number of amides is 1. The Morgan fingerprint density at radius 3 is 2.69 bits per heavy atom. The van der Waals surface area contributed by atoms with Crippen molar-refractivity contribution in [1.82, 2.24) is 10.0 Å². The normalized spacial score (nSPS) is 20.5. The lowest BCUT2D eigenvalue weighted by Gasteiger charge is -2.22. The summed E-state index contributed by atoms with van der Waals surface area (Å²) in [6.45, 7) is 0.552. The maximum atomic E-state index is 12.0. The van der Waals surface area contributed by atoms with Crippen molar-refractivity contribution >= 4 is 21.8 Å². The Bertz CT molecular complexity index is 768. The first-order valence-corrected chi connectivity index (χ1v) is 11.0. The van der Waals surface area contributed by atoms with Gasteiger partial charge in [0.15, 0.2) is 0 Å². The van der Waals surface area contributed by atoms with Crippen LogP contribution in [0, 0.1) is 0 Å². The van der Waals surface area contributed by atoms with E-state index in [4.69, 9.17) is 0 Å². The number of rotatable bonds is 7. The molecule has 1 aliphatic heterocycles. The number of benzene rings is 1. The number of hydrogen-bond donors (Lipinski definition) is 2. The number of hydrogen-bond acceptors (Lipinski definition) is 4. The Morgan fingerprint density at radius 1 is 1.12 bits per heavy atom. The van der Waals surface area contributed by atoms with Gasteiger partial charge in [0.2, 0.25) is 5.91 Å². The highest BCUT2D eigenvalue weighted by Gasteiger charge is 2.29. The van der Waals surface area contributed by atoms with Crippen molar-refractivity contribution in [2.24, 2.45) is 4.99 Å². The molecule has 1 aromatic carbocycles. The summed E-state index contributed by atoms with van der Waals surface area (Å²) in [5.74, 6) is 0.580. The first kappa shape index (κ1) is 18.9. The molecule has 2 aliphatic rings. The Kier molecular flexibility index (Phi) is 6.29. The summed E-state index contributed by atoms with van der Waals surface area (Å²) in [5.41, 5.74) is 0.638. The molecule has 0 bridgehead atoms. The predicted octanol–water partition coefficient (Wildman–Crippen LogP) is 2.73. The summed E-state index contributed by atoms with van der Waals surface area (Å²) in [5, 5.41) is 3.13. The van der Waals surface area contributed by atoms with Crippen molar-refractivity contribution in [2.75, 3.05) is 6.54 Å². The summed E-state index contributed by atoms with van der Waals surface area (Å²) >= 11 is 0. The average molecular weight is 378 g/mol. The van der Waals surface area contributed by atoms with E-state index in [2.05, 4.69) is 15.0 Å². The van der Waals surface area contributed by atoms with Crippen LogP contribution in [0.2, 0.25) is 0 Å². The van der Waals surface area contributed by atoms with Crippen LogP contribution in [0.25, 0.3) is 0 Å². The first-order valence-electron chi connectivity index (χ1n) is 9.52. The smallest absolute Gasteiger partial charge is 0.263 e. The molecule has 142 valence electrons. The van der Waals surface area contributed by atoms with E-state index in [1.165, 1.54) is 19.3 Å². The topological polar surface area (TPSA) is 87.6 Å². The minimum absolute atomic E-state index is 0.153. The summed E-state index contributed by atoms with van der Waals surface area (Å²) in [6.07, 6.45) is 9.09. The molecule has 0 atom stereocenters. The Labute approximate surface area is 155 Å². The number of unbranched alkanes of at least 4 members (excludes halogenated alkanes) is 2. The van der Waals surface area contributed by atoms with Crippen LogP contribution in [0.3, 0.4) is 0 Å². The van der Waals surface area contributed by atoms with Gasteiger partial charge < -0.3 is 5.32 Å². The van der Waals surface area contributed by atoms with Crippen LogP contribution in [0.15, 0.2) is 34.2 Å². The van der Waals surface area contributed by atoms with Crippen LogP contribution in [0.5, 0.6) is 0 Å². The largest absolute Gasteiger partial charge is 0.353 e. The summed E-state index contributed by atoms with van der Waals surface area (Å²) < 4.78 is 26.5. The van der Waals surface area contributed by atoms with Crippen LogP contribution in [0.4, 0.5) is 0 Å². The summed E-state index contributed by atoms with van der Waals surface area (Å²) in [4.78, 5) is 16.6. The van der Waals surface area contributed by atoms with E-state index in [0.717, 1.165) is 32.1 Å². The zero-order valence-corrected chi connectivity index (χ0v) is 15.9. The third-order valence-corrected chi connectivity index (χ3v) is 6.36. The van der Waals surface area contributed by atoms with E-state index < -0.39 is 10.0 Å². The molecule has 0 unspecified atom stereocenters. The SMILES string of the molecule is O=C(CCCCCN=C1NS(=O)(=O)c2ccccc21)NC1CCCCC1. The number of sulfonamides is 1. The van der Waals surface area contributed by atoms with Gasteiger partial charge in [-0.25, -0.2) is 8.42 Å². The van der Waals surface area contributed by atoms with E-state index in [1.807, 2.05) is 6.07 Å². The lowest BCUT2D eigenvalue weighted by Crippen LogP contribution is -2.35. The highest BCUT2D eigenvalue weighted by Crippen LogP contribution is 2.22. The standard InChI is InChI=1S/C19H27N3O3S/c23-18(21-15-9-3-1-4-10-15)13-5-2-8-14-20-19-16-11-6-7-12-17(16)26(24,25)22-19/h6-7,11-12,15H,1-5,8-10,13-14H2,(H,20,22)(H,21,23). The first-order chi connectivity index (χ1) is 12.6. The zero-order chi connectivity index (χ0) is 18.4. The van der Waals surface area contributed by atoms with Gasteiger partial charge in [0.05, 0.1) is 4.90 Å². The highest BCUT2D eigenvalue weighted by molar-refractivity contribution is 7.90. The zero-order valence-electron chi connectivity index (χ0n) is 15.0. The van der Waals surface area contributed by atoms with E-state index in [-0.39, 0.29) is 10.8 Å². The molecule has 1 heterocycles. The van der Waals surface area contributed by atoms with Crippen LogP contribution < -0.4 is 10.0 Å². The van der Waals surface area contributed by atoms with Gasteiger partial charge in [-0.1, -0.05) is 37.8 Å². The number of nitrogens with one attached hydrogen (secondary N) is 2. The minimum Gasteiger partial charge on any atom is -0.353 e. The molecule has 3 rings (SSSR count). The van der Waals surface area contributed by atoms with Gasteiger partial charge in [0.25, 0.3) is 10.0 Å². The molecular weight excluding hydrogens is 350 g/mol. The molecule has 1 saturated carbocycles. The van der Waals surface area contributed by atoms with Gasteiger partial charge in [0, 0.05) is 24.6 Å². The Balaban J connectivity index is 1.37. The molecule has 0 spiro atoms. The van der Waals surface area contributed by atoms with Crippen molar-refractivity contribution in [1.29, 1.82) is 0 Å². The maximum absolute atomic E-state index is 12.0. The fraction of sp³-hybridized carbons (Fsp3) is 0.579. The fourth-order valence-electron chi connectivity index (χ4n) is 3.56. The lowest BCUT2D eigenvalue weighted by molar-refractivity contribution is -0.122. The van der Waals surface area contributed by atoms with E-state index in [1.54, 1.807) is 18.2 Å². The van der Waals surface area contributed by atoms with Gasteiger partial charge in [-0.05, 0) is 37.8 Å². The molecule has 1 fully saturated rings. The highest BCUT2D eigenvalue weighted by atomic mass is 32.2. The Hall–Kier alpha value is -1.89. The van der Waals surface area contributed by atoms with E-state index in [9.17, 15) is 13.2 Å². The van der Waals surface area contributed by atoms with E-state index in [0.29, 0.717) is 30.4 Å². The average Bonchev–Trinajstić information content (AvgIpc) is 2.90. The summed E-state index contributed by atoms with van der Waals surface area (Å²) in [7, 11) is -3.46. The molecule has 1 aliphatic carbocycles. The van der Waals surface area contributed by atoms with Gasteiger partial charge in [0.1, 0.15) is 5.84 Å². The fourth-order valence-corrected chi connectivity index (χ4v) is 4.81. The molecule has 1 amide bonds. The number of nitrogens with zero attached hydrogens (tertiary/aromatic N) is 1.